The highest BCUT2D eigenvalue weighted by Gasteiger charge is 2.29. The number of nitrogens with two attached hydrogens (primary N) is 1. The molecule has 1 fully saturated rings. The number of benzene rings is 2. The van der Waals surface area contributed by atoms with E-state index in [1.54, 1.807) is 12.1 Å². The molecule has 0 spiro atoms. The first-order valence-corrected chi connectivity index (χ1v) is 11.4. The van der Waals surface area contributed by atoms with Crippen molar-refractivity contribution in [2.45, 2.75) is 56.4 Å². The first-order valence-electron chi connectivity index (χ1n) is 10.1. The number of halogens is 2. The molecule has 1 unspecified atom stereocenters. The molecule has 1 atom stereocenters. The Labute approximate surface area is 179 Å². The Hall–Kier alpha value is -1.96. The number of carbonyl (C=O) groups is 1. The van der Waals surface area contributed by atoms with Gasteiger partial charge in [-0.3, -0.25) is 9.93 Å². The molecule has 30 heavy (non-hydrogen) atoms. The first-order chi connectivity index (χ1) is 14.2. The van der Waals surface area contributed by atoms with Gasteiger partial charge in [0.25, 0.3) is 5.91 Å². The van der Waals surface area contributed by atoms with Crippen molar-refractivity contribution in [1.29, 1.82) is 0 Å². The molecular weight excluding hydrogens is 404 g/mol. The molecule has 0 bridgehead atoms. The minimum absolute atomic E-state index is 0.0562. The summed E-state index contributed by atoms with van der Waals surface area (Å²) in [7, 11) is 2.43. The minimum Gasteiger partial charge on any atom is -0.305 e. The van der Waals surface area contributed by atoms with E-state index in [2.05, 4.69) is 4.36 Å². The van der Waals surface area contributed by atoms with Gasteiger partial charge < -0.3 is 4.90 Å². The summed E-state index contributed by atoms with van der Waals surface area (Å²) in [6, 6.07) is 7.88. The monoisotopic (exact) mass is 433 g/mol. The first kappa shape index (κ1) is 22.7. The Morgan fingerprint density at radius 2 is 1.93 bits per heavy atom. The average Bonchev–Trinajstić information content (AvgIpc) is 3.47. The lowest BCUT2D eigenvalue weighted by Crippen LogP contribution is -2.14. The zero-order chi connectivity index (χ0) is 22.0. The largest absolute Gasteiger partial charge is 0.305 e. The third-order valence-electron chi connectivity index (χ3n) is 5.17. The molecule has 162 valence electrons. The van der Waals surface area contributed by atoms with Gasteiger partial charge in [0, 0.05) is 17.4 Å². The van der Waals surface area contributed by atoms with Crippen LogP contribution in [0.15, 0.2) is 39.6 Å². The number of hydrogen-bond acceptors (Lipinski definition) is 2. The van der Waals surface area contributed by atoms with E-state index in [9.17, 15) is 13.6 Å². The van der Waals surface area contributed by atoms with Crippen LogP contribution in [0.3, 0.4) is 0 Å². The summed E-state index contributed by atoms with van der Waals surface area (Å²) in [6.45, 7) is 4.57. The van der Waals surface area contributed by atoms with Gasteiger partial charge in [-0.15, -0.1) is 0 Å². The molecule has 2 aromatic carbocycles. The molecule has 2 aromatic rings. The summed E-state index contributed by atoms with van der Waals surface area (Å²) in [5.41, 5.74) is 3.41. The fourth-order valence-electron chi connectivity index (χ4n) is 3.68. The molecule has 1 aliphatic rings. The molecule has 2 N–H and O–H groups in total. The zero-order valence-electron chi connectivity index (χ0n) is 17.9. The van der Waals surface area contributed by atoms with Crippen LogP contribution in [0.5, 0.6) is 0 Å². The van der Waals surface area contributed by atoms with E-state index < -0.39 is 22.6 Å². The fraction of sp³-hybridized carbons (Fsp3) is 0.435. The van der Waals surface area contributed by atoms with Crippen LogP contribution < -0.4 is 5.14 Å². The van der Waals surface area contributed by atoms with Gasteiger partial charge in [0.1, 0.15) is 11.6 Å². The van der Waals surface area contributed by atoms with Crippen LogP contribution in [0.2, 0.25) is 0 Å². The molecule has 0 heterocycles. The maximum Gasteiger partial charge on any atom is 0.257 e. The highest BCUT2D eigenvalue weighted by Crippen LogP contribution is 2.43. The number of amides is 1. The molecule has 3 rings (SSSR count). The van der Waals surface area contributed by atoms with Crippen molar-refractivity contribution < 1.29 is 13.6 Å². The summed E-state index contributed by atoms with van der Waals surface area (Å²) in [5, 5.41) is 6.06. The van der Waals surface area contributed by atoms with E-state index in [-0.39, 0.29) is 23.1 Å². The van der Waals surface area contributed by atoms with Crippen LogP contribution in [0.1, 0.15) is 60.8 Å². The molecule has 1 saturated carbocycles. The van der Waals surface area contributed by atoms with Crippen molar-refractivity contribution in [2.24, 2.45) is 9.50 Å². The minimum atomic E-state index is -1.38. The third kappa shape index (κ3) is 5.59. The number of carbonyl (C=O) groups excluding carboxylic acids is 1. The Bertz CT molecular complexity index is 961. The van der Waals surface area contributed by atoms with E-state index >= 15 is 0 Å². The van der Waals surface area contributed by atoms with Gasteiger partial charge in [0.15, 0.2) is 0 Å². The van der Waals surface area contributed by atoms with Gasteiger partial charge in [0.05, 0.1) is 11.3 Å². The van der Waals surface area contributed by atoms with Gasteiger partial charge in [-0.1, -0.05) is 19.9 Å². The lowest BCUT2D eigenvalue weighted by Gasteiger charge is -2.17. The summed E-state index contributed by atoms with van der Waals surface area (Å²) < 4.78 is 32.7. The molecule has 1 aliphatic carbocycles. The highest BCUT2D eigenvalue weighted by atomic mass is 32.2. The van der Waals surface area contributed by atoms with Gasteiger partial charge in [-0.2, -0.15) is 4.36 Å². The van der Waals surface area contributed by atoms with E-state index in [1.807, 2.05) is 32.8 Å². The smallest absolute Gasteiger partial charge is 0.257 e. The summed E-state index contributed by atoms with van der Waals surface area (Å²) in [4.78, 5) is 14.9. The quantitative estimate of drug-likeness (QED) is 0.680. The third-order valence-corrected chi connectivity index (χ3v) is 6.35. The van der Waals surface area contributed by atoms with Crippen LogP contribution >= 0.6 is 0 Å². The van der Waals surface area contributed by atoms with Gasteiger partial charge >= 0.3 is 0 Å². The predicted molar refractivity (Wildman–Crippen MR) is 117 cm³/mol. The Kier molecular flexibility index (Phi) is 7.16. The van der Waals surface area contributed by atoms with Crippen LogP contribution in [0.25, 0.3) is 0 Å². The van der Waals surface area contributed by atoms with Crippen molar-refractivity contribution in [3.63, 3.8) is 0 Å². The van der Waals surface area contributed by atoms with Crippen LogP contribution in [-0.2, 0) is 28.6 Å². The molecule has 4 nitrogen and oxygen atoms in total. The maximum absolute atomic E-state index is 14.5. The zero-order valence-corrected chi connectivity index (χ0v) is 18.7. The fourth-order valence-corrected chi connectivity index (χ4v) is 4.53. The Balaban J connectivity index is 1.86. The average molecular weight is 434 g/mol. The number of nitrogens with zero attached hydrogens (tertiary/aromatic N) is 2. The van der Waals surface area contributed by atoms with E-state index in [0.29, 0.717) is 12.5 Å². The lowest BCUT2D eigenvalue weighted by atomic mass is 9.89. The van der Waals surface area contributed by atoms with E-state index in [0.717, 1.165) is 35.1 Å². The summed E-state index contributed by atoms with van der Waals surface area (Å²) in [5.74, 6) is -0.752. The molecule has 0 saturated heterocycles. The van der Waals surface area contributed by atoms with Crippen molar-refractivity contribution in [3.8, 4) is 0 Å². The molecule has 7 heteroatoms. The van der Waals surface area contributed by atoms with Crippen molar-refractivity contribution in [2.75, 3.05) is 14.1 Å². The Morgan fingerprint density at radius 1 is 1.23 bits per heavy atom. The predicted octanol–water partition coefficient (Wildman–Crippen LogP) is 4.83. The maximum atomic E-state index is 14.5. The normalized spacial score (nSPS) is 15.2. The second-order valence-electron chi connectivity index (χ2n) is 8.47. The van der Waals surface area contributed by atoms with Crippen molar-refractivity contribution >= 4 is 16.8 Å². The SMILES string of the molecule is CC(C)c1cc(F)cc(C2CC2)c1CC(=O)N=S(N)c1ccc(CN(C)C)cc1F. The number of rotatable bonds is 7. The second-order valence-corrected chi connectivity index (χ2v) is 9.72. The highest BCUT2D eigenvalue weighted by molar-refractivity contribution is 7.85. The van der Waals surface area contributed by atoms with Gasteiger partial charge in [-0.25, -0.2) is 8.78 Å². The van der Waals surface area contributed by atoms with E-state index in [1.165, 1.54) is 18.2 Å². The lowest BCUT2D eigenvalue weighted by molar-refractivity contribution is -0.117. The molecule has 0 radical (unpaired) electrons. The summed E-state index contributed by atoms with van der Waals surface area (Å²) in [6.07, 6.45) is 2.07. The topological polar surface area (TPSA) is 58.7 Å². The number of hydrogen-bond donors (Lipinski definition) is 1. The molecular formula is C23H29F2N3OS. The van der Waals surface area contributed by atoms with Gasteiger partial charge in [0.2, 0.25) is 0 Å². The molecule has 0 aromatic heterocycles. The molecule has 0 aliphatic heterocycles. The van der Waals surface area contributed by atoms with Crippen molar-refractivity contribution in [3.05, 3.63) is 64.2 Å². The second kappa shape index (κ2) is 9.45. The Morgan fingerprint density at radius 3 is 2.50 bits per heavy atom. The van der Waals surface area contributed by atoms with E-state index in [4.69, 9.17) is 5.14 Å². The van der Waals surface area contributed by atoms with Crippen LogP contribution in [0.4, 0.5) is 8.78 Å². The van der Waals surface area contributed by atoms with Crippen LogP contribution in [-0.4, -0.2) is 24.9 Å². The molecule has 1 amide bonds. The van der Waals surface area contributed by atoms with Gasteiger partial charge in [-0.05, 0) is 85.3 Å². The summed E-state index contributed by atoms with van der Waals surface area (Å²) >= 11 is 0. The van der Waals surface area contributed by atoms with Crippen molar-refractivity contribution in [1.82, 2.24) is 4.90 Å². The standard InChI is InChI=1S/C23H29F2N3OS/c1-14(2)18-10-17(24)11-19(16-6-7-16)20(18)12-23(29)27-30(26)22-8-5-15(9-21(22)25)13-28(3)4/h5,8-11,14,16H,6-7,12-13H2,1-4H3,(H2,26,27,29). The van der Waals surface area contributed by atoms with Crippen LogP contribution in [0, 0.1) is 11.6 Å².